The van der Waals surface area contributed by atoms with Crippen molar-refractivity contribution in [2.45, 2.75) is 125 Å². The van der Waals surface area contributed by atoms with Gasteiger partial charge in [0.1, 0.15) is 5.38 Å². The highest BCUT2D eigenvalue weighted by Gasteiger charge is 2.28. The van der Waals surface area contributed by atoms with Crippen LogP contribution in [-0.2, 0) is 4.79 Å². The lowest BCUT2D eigenvalue weighted by atomic mass is 10.0. The Morgan fingerprint density at radius 1 is 0.714 bits per heavy atom. The maximum Gasteiger partial charge on any atom is 0.238 e. The van der Waals surface area contributed by atoms with E-state index in [1.807, 2.05) is 0 Å². The van der Waals surface area contributed by atoms with Crippen LogP contribution in [0.3, 0.4) is 0 Å². The summed E-state index contributed by atoms with van der Waals surface area (Å²) < 4.78 is -1.49. The molecule has 0 aromatic rings. The summed E-state index contributed by atoms with van der Waals surface area (Å²) >= 11 is 22.9. The number of halogens is 4. The van der Waals surface area contributed by atoms with E-state index in [1.165, 1.54) is 89.9 Å². The minimum Gasteiger partial charge on any atom is -0.355 e. The quantitative estimate of drug-likeness (QED) is 0.146. The van der Waals surface area contributed by atoms with Crippen LogP contribution in [0.1, 0.15) is 116 Å². The molecule has 0 aliphatic rings. The van der Waals surface area contributed by atoms with Gasteiger partial charge in [0.2, 0.25) is 5.91 Å². The molecular weight excluding hydrogens is 436 g/mol. The Hall–Kier alpha value is 0.630. The van der Waals surface area contributed by atoms with E-state index in [2.05, 4.69) is 12.2 Å². The highest BCUT2D eigenvalue weighted by Crippen LogP contribution is 2.32. The van der Waals surface area contributed by atoms with Gasteiger partial charge in [0.25, 0.3) is 0 Å². The second-order valence-electron chi connectivity index (χ2n) is 7.88. The van der Waals surface area contributed by atoms with Crippen molar-refractivity contribution < 1.29 is 4.79 Å². The Morgan fingerprint density at radius 3 is 1.43 bits per heavy atom. The molecule has 0 fully saturated rings. The van der Waals surface area contributed by atoms with Crippen LogP contribution in [0.25, 0.3) is 0 Å². The van der Waals surface area contributed by atoms with Crippen LogP contribution < -0.4 is 5.32 Å². The standard InChI is InChI=1S/C22H41Cl4NO/c1-2-3-4-5-6-7-8-9-10-11-12-13-14-15-16-17-18-27-21(28)20(23)19-22(24,25)26/h20H,2-19H2,1H3,(H,27,28). The number of hydrogen-bond acceptors (Lipinski definition) is 1. The largest absolute Gasteiger partial charge is 0.355 e. The van der Waals surface area contributed by atoms with E-state index in [0.29, 0.717) is 6.54 Å². The number of unbranched alkanes of at least 4 members (excludes halogenated alkanes) is 15. The third-order valence-electron chi connectivity index (χ3n) is 5.02. The third-order valence-corrected chi connectivity index (χ3v) is 5.84. The molecule has 2 nitrogen and oxygen atoms in total. The molecule has 1 amide bonds. The third kappa shape index (κ3) is 21.3. The molecule has 0 aliphatic carbocycles. The smallest absolute Gasteiger partial charge is 0.238 e. The van der Waals surface area contributed by atoms with Gasteiger partial charge >= 0.3 is 0 Å². The van der Waals surface area contributed by atoms with E-state index in [0.717, 1.165) is 12.8 Å². The van der Waals surface area contributed by atoms with Gasteiger partial charge in [-0.2, -0.15) is 0 Å². The van der Waals surface area contributed by atoms with Crippen LogP contribution in [0, 0.1) is 0 Å². The van der Waals surface area contributed by atoms with Gasteiger partial charge in [-0.15, -0.1) is 11.6 Å². The highest BCUT2D eigenvalue weighted by molar-refractivity contribution is 6.67. The van der Waals surface area contributed by atoms with Crippen LogP contribution in [0.4, 0.5) is 0 Å². The van der Waals surface area contributed by atoms with E-state index in [4.69, 9.17) is 46.4 Å². The summed E-state index contributed by atoms with van der Waals surface area (Å²) in [5, 5.41) is 2.01. The minimum absolute atomic E-state index is 0.0179. The van der Waals surface area contributed by atoms with Gasteiger partial charge in [-0.3, -0.25) is 4.79 Å². The van der Waals surface area contributed by atoms with Crippen molar-refractivity contribution in [2.24, 2.45) is 0 Å². The Morgan fingerprint density at radius 2 is 1.07 bits per heavy atom. The molecule has 0 saturated heterocycles. The first kappa shape index (κ1) is 28.6. The number of nitrogens with one attached hydrogen (secondary N) is 1. The van der Waals surface area contributed by atoms with Crippen molar-refractivity contribution in [3.63, 3.8) is 0 Å². The lowest BCUT2D eigenvalue weighted by molar-refractivity contribution is -0.120. The predicted octanol–water partition coefficient (Wildman–Crippen LogP) is 8.73. The number of amides is 1. The van der Waals surface area contributed by atoms with E-state index < -0.39 is 9.17 Å². The Bertz CT molecular complexity index is 361. The van der Waals surface area contributed by atoms with E-state index in [-0.39, 0.29) is 12.3 Å². The molecule has 0 aromatic heterocycles. The van der Waals surface area contributed by atoms with Crippen molar-refractivity contribution in [1.29, 1.82) is 0 Å². The zero-order valence-electron chi connectivity index (χ0n) is 17.7. The fourth-order valence-corrected chi connectivity index (χ4v) is 4.30. The Labute approximate surface area is 193 Å². The first-order valence-electron chi connectivity index (χ1n) is 11.4. The van der Waals surface area contributed by atoms with Gasteiger partial charge in [-0.05, 0) is 6.42 Å². The lowest BCUT2D eigenvalue weighted by Crippen LogP contribution is -2.34. The molecule has 1 atom stereocenters. The zero-order valence-corrected chi connectivity index (χ0v) is 20.7. The van der Waals surface area contributed by atoms with E-state index in [1.54, 1.807) is 0 Å². The molecule has 0 aromatic carbocycles. The lowest BCUT2D eigenvalue weighted by Gasteiger charge is -2.15. The summed E-state index contributed by atoms with van der Waals surface area (Å²) in [7, 11) is 0. The van der Waals surface area contributed by atoms with Crippen molar-refractivity contribution in [3.05, 3.63) is 0 Å². The molecule has 1 N–H and O–H groups in total. The fraction of sp³-hybridized carbons (Fsp3) is 0.955. The molecule has 168 valence electrons. The normalized spacial score (nSPS) is 12.9. The first-order valence-corrected chi connectivity index (χ1v) is 12.9. The van der Waals surface area contributed by atoms with Gasteiger partial charge in [-0.1, -0.05) is 138 Å². The van der Waals surface area contributed by atoms with Gasteiger partial charge in [0.05, 0.1) is 0 Å². The van der Waals surface area contributed by atoms with Gasteiger partial charge in [0.15, 0.2) is 3.79 Å². The molecule has 0 radical (unpaired) electrons. The predicted molar refractivity (Wildman–Crippen MR) is 127 cm³/mol. The molecule has 0 bridgehead atoms. The van der Waals surface area contributed by atoms with Crippen LogP contribution in [0.15, 0.2) is 0 Å². The summed E-state index contributed by atoms with van der Waals surface area (Å²) in [5.74, 6) is -0.256. The van der Waals surface area contributed by atoms with Gasteiger partial charge in [0, 0.05) is 13.0 Å². The number of rotatable bonds is 19. The van der Waals surface area contributed by atoms with Crippen molar-refractivity contribution in [1.82, 2.24) is 5.32 Å². The van der Waals surface area contributed by atoms with E-state index >= 15 is 0 Å². The molecule has 0 heterocycles. The summed E-state index contributed by atoms with van der Waals surface area (Å²) in [6.07, 6.45) is 21.4. The second kappa shape index (κ2) is 19.6. The molecule has 28 heavy (non-hydrogen) atoms. The second-order valence-corrected chi connectivity index (χ2v) is 10.9. The zero-order chi connectivity index (χ0) is 21.1. The number of hydrogen-bond donors (Lipinski definition) is 1. The summed E-state index contributed by atoms with van der Waals surface area (Å²) in [6.45, 7) is 2.91. The monoisotopic (exact) mass is 475 g/mol. The average molecular weight is 477 g/mol. The molecule has 0 aliphatic heterocycles. The van der Waals surface area contributed by atoms with Crippen molar-refractivity contribution in [3.8, 4) is 0 Å². The van der Waals surface area contributed by atoms with Crippen LogP contribution in [0.2, 0.25) is 0 Å². The Kier molecular flexibility index (Phi) is 20.0. The van der Waals surface area contributed by atoms with Gasteiger partial charge < -0.3 is 5.32 Å². The maximum atomic E-state index is 11.8. The van der Waals surface area contributed by atoms with Gasteiger partial charge in [-0.25, -0.2) is 0 Å². The van der Waals surface area contributed by atoms with Crippen LogP contribution in [0.5, 0.6) is 0 Å². The van der Waals surface area contributed by atoms with Crippen molar-refractivity contribution >= 4 is 52.3 Å². The minimum atomic E-state index is -1.49. The summed E-state index contributed by atoms with van der Waals surface area (Å²) in [4.78, 5) is 11.8. The van der Waals surface area contributed by atoms with Crippen molar-refractivity contribution in [2.75, 3.05) is 6.54 Å². The summed E-state index contributed by atoms with van der Waals surface area (Å²) in [5.41, 5.74) is 0. The Balaban J connectivity index is 3.24. The molecule has 1 unspecified atom stereocenters. The molecule has 0 rings (SSSR count). The molecule has 0 saturated carbocycles. The SMILES string of the molecule is CCCCCCCCCCCCCCCCCCNC(=O)C(Cl)CC(Cl)(Cl)Cl. The maximum absolute atomic E-state index is 11.8. The first-order chi connectivity index (χ1) is 13.4. The topological polar surface area (TPSA) is 29.1 Å². The van der Waals surface area contributed by atoms with Crippen LogP contribution in [-0.4, -0.2) is 21.6 Å². The average Bonchev–Trinajstić information content (AvgIpc) is 2.62. The number of carbonyl (C=O) groups is 1. The summed E-state index contributed by atoms with van der Waals surface area (Å²) in [6, 6.07) is 0. The number of carbonyl (C=O) groups excluding carboxylic acids is 1. The molecular formula is C22H41Cl4NO. The van der Waals surface area contributed by atoms with Crippen LogP contribution >= 0.6 is 46.4 Å². The van der Waals surface area contributed by atoms with E-state index in [9.17, 15) is 4.79 Å². The molecule has 6 heteroatoms. The molecule has 0 spiro atoms. The highest BCUT2D eigenvalue weighted by atomic mass is 35.6. The fourth-order valence-electron chi connectivity index (χ4n) is 3.29. The number of alkyl halides is 4.